The molecule has 0 aromatic heterocycles. The lowest BCUT2D eigenvalue weighted by Gasteiger charge is -2.65. The minimum atomic E-state index is -0.641. The van der Waals surface area contributed by atoms with Crippen LogP contribution in [-0.4, -0.2) is 55.2 Å². The lowest BCUT2D eigenvalue weighted by Crippen LogP contribution is -2.68. The lowest BCUT2D eigenvalue weighted by molar-refractivity contribution is -0.281. The summed E-state index contributed by atoms with van der Waals surface area (Å²) in [4.78, 5) is 36.9. The molecule has 0 N–H and O–H groups in total. The van der Waals surface area contributed by atoms with Crippen molar-refractivity contribution in [3.63, 3.8) is 0 Å². The van der Waals surface area contributed by atoms with Crippen LogP contribution >= 0.6 is 0 Å². The van der Waals surface area contributed by atoms with Gasteiger partial charge in [-0.15, -0.1) is 0 Å². The van der Waals surface area contributed by atoms with Gasteiger partial charge in [0.1, 0.15) is 18.3 Å². The number of carbonyl (C=O) groups excluding carboxylic acids is 3. The molecule has 0 amide bonds. The Morgan fingerprint density at radius 2 is 1.46 bits per heavy atom. The highest BCUT2D eigenvalue weighted by atomic mass is 16.7. The van der Waals surface area contributed by atoms with E-state index < -0.39 is 18.0 Å². The zero-order chi connectivity index (χ0) is 25.2. The van der Waals surface area contributed by atoms with E-state index in [1.807, 2.05) is 0 Å². The van der Waals surface area contributed by atoms with Crippen molar-refractivity contribution in [1.82, 2.24) is 0 Å². The van der Waals surface area contributed by atoms with Gasteiger partial charge in [0.2, 0.25) is 0 Å². The van der Waals surface area contributed by atoms with Gasteiger partial charge < -0.3 is 23.7 Å². The van der Waals surface area contributed by atoms with Crippen LogP contribution in [0.25, 0.3) is 0 Å². The summed E-state index contributed by atoms with van der Waals surface area (Å²) in [6.07, 6.45) is 4.60. The molecule has 196 valence electrons. The summed E-state index contributed by atoms with van der Waals surface area (Å²) in [5.41, 5.74) is -0.587. The van der Waals surface area contributed by atoms with Gasteiger partial charge in [-0.2, -0.15) is 0 Å². The zero-order valence-electron chi connectivity index (χ0n) is 21.7. The zero-order valence-corrected chi connectivity index (χ0v) is 21.7. The SMILES string of the molecule is CC(=O)O[C@H]1[C@H]2[C@@H](C[C@H](OC(C)=O)[C@H]3CC4(CC[C@]23C)OCCO4)[C@@H]2CCC[C@@]2(C)[C@@H]1OC(C)=O. The molecule has 1 saturated heterocycles. The number of rotatable bonds is 3. The topological polar surface area (TPSA) is 97.4 Å². The Morgan fingerprint density at radius 3 is 2.09 bits per heavy atom. The maximum absolute atomic E-state index is 12.4. The summed E-state index contributed by atoms with van der Waals surface area (Å²) >= 11 is 0. The van der Waals surface area contributed by atoms with Gasteiger partial charge in [0, 0.05) is 50.9 Å². The molecule has 1 aliphatic heterocycles. The van der Waals surface area contributed by atoms with Gasteiger partial charge in [-0.25, -0.2) is 0 Å². The van der Waals surface area contributed by atoms with Crippen LogP contribution in [0, 0.1) is 34.5 Å². The van der Waals surface area contributed by atoms with Gasteiger partial charge in [0.05, 0.1) is 13.2 Å². The van der Waals surface area contributed by atoms with Gasteiger partial charge in [-0.1, -0.05) is 20.3 Å². The molecule has 35 heavy (non-hydrogen) atoms. The maximum atomic E-state index is 12.4. The van der Waals surface area contributed by atoms with Crippen molar-refractivity contribution in [1.29, 1.82) is 0 Å². The molecular weight excluding hydrogens is 452 g/mol. The van der Waals surface area contributed by atoms with Crippen LogP contribution in [0.1, 0.15) is 79.6 Å². The van der Waals surface area contributed by atoms with E-state index in [4.69, 9.17) is 23.7 Å². The van der Waals surface area contributed by atoms with E-state index in [1.165, 1.54) is 20.8 Å². The predicted molar refractivity (Wildman–Crippen MR) is 124 cm³/mol. The summed E-state index contributed by atoms with van der Waals surface area (Å²) in [6.45, 7) is 9.93. The van der Waals surface area contributed by atoms with E-state index in [2.05, 4.69) is 13.8 Å². The van der Waals surface area contributed by atoms with Crippen LogP contribution in [0.3, 0.4) is 0 Å². The van der Waals surface area contributed by atoms with E-state index in [-0.39, 0.29) is 52.6 Å². The fourth-order valence-corrected chi connectivity index (χ4v) is 9.03. The second kappa shape index (κ2) is 8.72. The molecule has 1 heterocycles. The Morgan fingerprint density at radius 1 is 0.800 bits per heavy atom. The highest BCUT2D eigenvalue weighted by molar-refractivity contribution is 5.68. The van der Waals surface area contributed by atoms with Crippen molar-refractivity contribution in [3.8, 4) is 0 Å². The van der Waals surface area contributed by atoms with E-state index in [9.17, 15) is 14.4 Å². The summed E-state index contributed by atoms with van der Waals surface area (Å²) in [5, 5.41) is 0. The Labute approximate surface area is 207 Å². The molecule has 8 heteroatoms. The van der Waals surface area contributed by atoms with Crippen LogP contribution < -0.4 is 0 Å². The number of hydrogen-bond acceptors (Lipinski definition) is 8. The number of esters is 3. The molecule has 4 saturated carbocycles. The van der Waals surface area contributed by atoms with Crippen LogP contribution in [0.5, 0.6) is 0 Å². The second-order valence-electron chi connectivity index (χ2n) is 12.1. The average Bonchev–Trinajstić information content (AvgIpc) is 3.38. The molecule has 0 bridgehead atoms. The van der Waals surface area contributed by atoms with Gasteiger partial charge in [-0.3, -0.25) is 14.4 Å². The normalized spacial score (nSPS) is 45.7. The largest absolute Gasteiger partial charge is 0.462 e. The first-order valence-corrected chi connectivity index (χ1v) is 13.3. The average molecular weight is 493 g/mol. The van der Waals surface area contributed by atoms with Gasteiger partial charge in [-0.05, 0) is 42.9 Å². The molecule has 8 nitrogen and oxygen atoms in total. The molecule has 1 spiro atoms. The highest BCUT2D eigenvalue weighted by Crippen LogP contribution is 2.68. The fourth-order valence-electron chi connectivity index (χ4n) is 9.03. The van der Waals surface area contributed by atoms with Crippen molar-refractivity contribution < 1.29 is 38.1 Å². The molecule has 5 fully saturated rings. The first-order valence-electron chi connectivity index (χ1n) is 13.3. The summed E-state index contributed by atoms with van der Waals surface area (Å²) in [5.74, 6) is -1.14. The maximum Gasteiger partial charge on any atom is 0.303 e. The molecule has 9 atom stereocenters. The van der Waals surface area contributed by atoms with Gasteiger partial charge in [0.25, 0.3) is 0 Å². The smallest absolute Gasteiger partial charge is 0.303 e. The fraction of sp³-hybridized carbons (Fsp3) is 0.889. The van der Waals surface area contributed by atoms with E-state index in [0.717, 1.165) is 32.1 Å². The summed E-state index contributed by atoms with van der Waals surface area (Å²) in [7, 11) is 0. The summed E-state index contributed by atoms with van der Waals surface area (Å²) < 4.78 is 30.4. The molecule has 5 aliphatic rings. The standard InChI is InChI=1S/C27H40O8/c1-15(28)33-21-13-18-19-7-6-8-26(19,5)24(35-17(3)30)23(34-16(2)29)22(18)25(4)9-10-27(14-20(21)25)31-11-12-32-27/h18-24H,6-14H2,1-5H3/t18-,19-,20+,21-,22+,23-,24+,25-,26+/m0/s1. The van der Waals surface area contributed by atoms with E-state index in [0.29, 0.717) is 32.0 Å². The quantitative estimate of drug-likeness (QED) is 0.434. The number of fused-ring (bicyclic) bond motifs is 5. The van der Waals surface area contributed by atoms with Crippen LogP contribution in [0.15, 0.2) is 0 Å². The lowest BCUT2D eigenvalue weighted by atomic mass is 9.43. The van der Waals surface area contributed by atoms with Crippen LogP contribution in [0.4, 0.5) is 0 Å². The monoisotopic (exact) mass is 492 g/mol. The third-order valence-electron chi connectivity index (χ3n) is 10.2. The first kappa shape index (κ1) is 25.0. The Kier molecular flexibility index (Phi) is 6.23. The van der Waals surface area contributed by atoms with Crippen molar-refractivity contribution in [2.45, 2.75) is 104 Å². The molecule has 0 radical (unpaired) electrons. The van der Waals surface area contributed by atoms with Crippen LogP contribution in [0.2, 0.25) is 0 Å². The van der Waals surface area contributed by atoms with Crippen molar-refractivity contribution in [2.24, 2.45) is 34.5 Å². The molecule has 0 unspecified atom stereocenters. The minimum Gasteiger partial charge on any atom is -0.462 e. The molecular formula is C27H40O8. The molecule has 0 aromatic rings. The van der Waals surface area contributed by atoms with E-state index in [1.54, 1.807) is 0 Å². The molecule has 0 aromatic carbocycles. The number of carbonyl (C=O) groups is 3. The first-order chi connectivity index (χ1) is 16.5. The predicted octanol–water partition coefficient (Wildman–Crippen LogP) is 3.79. The molecule has 5 rings (SSSR count). The van der Waals surface area contributed by atoms with Crippen molar-refractivity contribution in [2.75, 3.05) is 13.2 Å². The summed E-state index contributed by atoms with van der Waals surface area (Å²) in [6, 6.07) is 0. The van der Waals surface area contributed by atoms with Gasteiger partial charge >= 0.3 is 17.9 Å². The van der Waals surface area contributed by atoms with E-state index >= 15 is 0 Å². The molecule has 4 aliphatic carbocycles. The third-order valence-corrected chi connectivity index (χ3v) is 10.2. The number of ether oxygens (including phenoxy) is 5. The van der Waals surface area contributed by atoms with Crippen molar-refractivity contribution in [3.05, 3.63) is 0 Å². The Balaban J connectivity index is 1.60. The third kappa shape index (κ3) is 3.99. The Bertz CT molecular complexity index is 880. The van der Waals surface area contributed by atoms with Gasteiger partial charge in [0.15, 0.2) is 5.79 Å². The highest BCUT2D eigenvalue weighted by Gasteiger charge is 2.70. The second-order valence-corrected chi connectivity index (χ2v) is 12.1. The Hall–Kier alpha value is -1.67. The number of hydrogen-bond donors (Lipinski definition) is 0. The van der Waals surface area contributed by atoms with Crippen LogP contribution in [-0.2, 0) is 38.1 Å². The minimum absolute atomic E-state index is 0.0116. The van der Waals surface area contributed by atoms with Crippen molar-refractivity contribution >= 4 is 17.9 Å².